The summed E-state index contributed by atoms with van der Waals surface area (Å²) in [6, 6.07) is 11.7. The second-order valence-corrected chi connectivity index (χ2v) is 6.17. The van der Waals surface area contributed by atoms with Gasteiger partial charge in [0.1, 0.15) is 12.2 Å². The smallest absolute Gasteiger partial charge is 0.113 e. The lowest BCUT2D eigenvalue weighted by Gasteiger charge is -2.22. The molecule has 2 N–H and O–H groups in total. The molecule has 0 aliphatic heterocycles. The van der Waals surface area contributed by atoms with Crippen LogP contribution in [0, 0.1) is 0 Å². The fourth-order valence-electron chi connectivity index (χ4n) is 2.28. The Hall–Kier alpha value is -1.62. The molecule has 0 saturated carbocycles. The van der Waals surface area contributed by atoms with Gasteiger partial charge < -0.3 is 9.92 Å². The zero-order valence-corrected chi connectivity index (χ0v) is 14.4. The highest BCUT2D eigenvalue weighted by Crippen LogP contribution is 2.40. The molecule has 0 heterocycles. The van der Waals surface area contributed by atoms with Gasteiger partial charge in [-0.3, -0.25) is 4.31 Å². The van der Waals surface area contributed by atoms with Gasteiger partial charge in [0.05, 0.1) is 12.8 Å². The maximum Gasteiger partial charge on any atom is 0.113 e. The molecule has 0 fully saturated rings. The molecule has 0 aromatic heterocycles. The van der Waals surface area contributed by atoms with Crippen LogP contribution in [0.1, 0.15) is 12.5 Å². The third kappa shape index (κ3) is 3.58. The van der Waals surface area contributed by atoms with Gasteiger partial charge in [-0.1, -0.05) is 42.0 Å². The van der Waals surface area contributed by atoms with Gasteiger partial charge in [0, 0.05) is 23.3 Å². The second kappa shape index (κ2) is 7.58. The van der Waals surface area contributed by atoms with Crippen molar-refractivity contribution in [1.82, 2.24) is 0 Å². The first kappa shape index (κ1) is 16.7. The minimum atomic E-state index is 0.702. The van der Waals surface area contributed by atoms with Crippen molar-refractivity contribution in [2.24, 2.45) is 0 Å². The number of rotatable bonds is 5. The maximum atomic E-state index is 6.41. The monoisotopic (exact) mass is 334 g/mol. The summed E-state index contributed by atoms with van der Waals surface area (Å²) >= 11 is 7.25. The van der Waals surface area contributed by atoms with Gasteiger partial charge in [-0.15, -0.1) is 0 Å². The van der Waals surface area contributed by atoms with E-state index in [0.717, 1.165) is 28.1 Å². The summed E-state index contributed by atoms with van der Waals surface area (Å²) in [7, 11) is 3.58. The van der Waals surface area contributed by atoms with Crippen molar-refractivity contribution in [3.63, 3.8) is 0 Å². The Labute approximate surface area is 141 Å². The quantitative estimate of drug-likeness (QED) is 0.459. The highest BCUT2D eigenvalue weighted by molar-refractivity contribution is 7.96. The molecule has 0 bridgehead atoms. The van der Waals surface area contributed by atoms with Crippen LogP contribution in [-0.2, 0) is 4.18 Å². The van der Waals surface area contributed by atoms with Crippen LogP contribution < -0.4 is 10.0 Å². The van der Waals surface area contributed by atoms with Gasteiger partial charge in [-0.2, -0.15) is 0 Å². The van der Waals surface area contributed by atoms with Crippen LogP contribution in [-0.4, -0.2) is 14.2 Å². The van der Waals surface area contributed by atoms with Gasteiger partial charge >= 0.3 is 0 Å². The number of allylic oxidation sites excluding steroid dienone is 1. The van der Waals surface area contributed by atoms with E-state index in [9.17, 15) is 0 Å². The van der Waals surface area contributed by atoms with E-state index >= 15 is 0 Å². The summed E-state index contributed by atoms with van der Waals surface area (Å²) in [5.41, 5.74) is 11.1. The van der Waals surface area contributed by atoms with E-state index in [-0.39, 0.29) is 0 Å². The molecule has 0 unspecified atom stereocenters. The summed E-state index contributed by atoms with van der Waals surface area (Å²) < 4.78 is 7.10. The van der Waals surface area contributed by atoms with Crippen molar-refractivity contribution in [2.45, 2.75) is 6.92 Å². The molecule has 0 amide bonds. The summed E-state index contributed by atoms with van der Waals surface area (Å²) in [5, 5.41) is 0.702. The summed E-state index contributed by atoms with van der Waals surface area (Å²) in [6.07, 6.45) is 3.98. The lowest BCUT2D eigenvalue weighted by atomic mass is 9.98. The van der Waals surface area contributed by atoms with Crippen LogP contribution in [0.4, 0.5) is 11.4 Å². The largest absolute Gasteiger partial charge is 0.398 e. The fourth-order valence-corrected chi connectivity index (χ4v) is 2.87. The molecule has 0 atom stereocenters. The van der Waals surface area contributed by atoms with Crippen molar-refractivity contribution >= 4 is 41.3 Å². The number of hydrogen-bond donors (Lipinski definition) is 1. The zero-order valence-electron chi connectivity index (χ0n) is 12.8. The highest BCUT2D eigenvalue weighted by Gasteiger charge is 2.15. The van der Waals surface area contributed by atoms with Gasteiger partial charge in [0.25, 0.3) is 0 Å². The SMILES string of the molecule is C/C=C\c1ccc(N(C)SOC)c(-c2ccc(Cl)cc2)c1N. The van der Waals surface area contributed by atoms with Crippen molar-refractivity contribution in [3.8, 4) is 11.1 Å². The predicted molar refractivity (Wildman–Crippen MR) is 99.0 cm³/mol. The van der Waals surface area contributed by atoms with Crippen molar-refractivity contribution in [3.05, 3.63) is 53.1 Å². The summed E-state index contributed by atoms with van der Waals surface area (Å²) in [5.74, 6) is 0. The molecule has 0 radical (unpaired) electrons. The van der Waals surface area contributed by atoms with E-state index in [4.69, 9.17) is 21.5 Å². The Kier molecular flexibility index (Phi) is 5.77. The molecule has 0 aliphatic rings. The lowest BCUT2D eigenvalue weighted by molar-refractivity contribution is 0.489. The Morgan fingerprint density at radius 1 is 1.18 bits per heavy atom. The standard InChI is InChI=1S/C17H19ClN2OS/c1-4-5-13-8-11-15(20(2)22-21-3)16(17(13)19)12-6-9-14(18)10-7-12/h4-11H,19H2,1-3H3/b5-4-. The molecule has 0 aliphatic carbocycles. The first-order chi connectivity index (χ1) is 10.6. The molecule has 5 heteroatoms. The highest BCUT2D eigenvalue weighted by atomic mass is 35.5. The summed E-state index contributed by atoms with van der Waals surface area (Å²) in [6.45, 7) is 1.97. The maximum absolute atomic E-state index is 6.41. The van der Waals surface area contributed by atoms with Crippen LogP contribution in [0.2, 0.25) is 5.02 Å². The van der Waals surface area contributed by atoms with Crippen LogP contribution in [0.5, 0.6) is 0 Å². The number of nitrogen functional groups attached to an aromatic ring is 1. The number of halogens is 1. The van der Waals surface area contributed by atoms with E-state index in [0.29, 0.717) is 5.02 Å². The van der Waals surface area contributed by atoms with Crippen LogP contribution in [0.15, 0.2) is 42.5 Å². The summed E-state index contributed by atoms with van der Waals surface area (Å²) in [4.78, 5) is 0. The first-order valence-corrected chi connectivity index (χ1v) is 7.91. The molecular weight excluding hydrogens is 316 g/mol. The van der Waals surface area contributed by atoms with Crippen molar-refractivity contribution < 1.29 is 4.18 Å². The number of benzene rings is 2. The Morgan fingerprint density at radius 2 is 1.86 bits per heavy atom. The van der Waals surface area contributed by atoms with Crippen LogP contribution in [0.3, 0.4) is 0 Å². The number of nitrogens with zero attached hydrogens (tertiary/aromatic N) is 1. The number of nitrogens with two attached hydrogens (primary N) is 1. The average Bonchev–Trinajstić information content (AvgIpc) is 2.50. The molecule has 0 spiro atoms. The topological polar surface area (TPSA) is 38.5 Å². The van der Waals surface area contributed by atoms with Crippen molar-refractivity contribution in [2.75, 3.05) is 24.2 Å². The molecule has 0 saturated heterocycles. The normalized spacial score (nSPS) is 11.1. The average molecular weight is 335 g/mol. The Balaban J connectivity index is 2.64. The van der Waals surface area contributed by atoms with Crippen molar-refractivity contribution in [1.29, 1.82) is 0 Å². The zero-order chi connectivity index (χ0) is 16.1. The van der Waals surface area contributed by atoms with Crippen LogP contribution in [0.25, 0.3) is 17.2 Å². The van der Waals surface area contributed by atoms with Gasteiger partial charge in [-0.05, 0) is 36.2 Å². The Bertz CT molecular complexity index is 671. The minimum Gasteiger partial charge on any atom is -0.398 e. The molecular formula is C17H19ClN2OS. The van der Waals surface area contributed by atoms with Crippen LogP contribution >= 0.6 is 23.8 Å². The Morgan fingerprint density at radius 3 is 2.45 bits per heavy atom. The fraction of sp³-hybridized carbons (Fsp3) is 0.176. The molecule has 2 rings (SSSR count). The second-order valence-electron chi connectivity index (χ2n) is 4.71. The minimum absolute atomic E-state index is 0.702. The van der Waals surface area contributed by atoms with Gasteiger partial charge in [0.2, 0.25) is 0 Å². The molecule has 2 aromatic rings. The van der Waals surface area contributed by atoms with Gasteiger partial charge in [-0.25, -0.2) is 0 Å². The number of hydrogen-bond acceptors (Lipinski definition) is 4. The van der Waals surface area contributed by atoms with E-state index < -0.39 is 0 Å². The molecule has 2 aromatic carbocycles. The van der Waals surface area contributed by atoms with E-state index in [1.165, 1.54) is 12.2 Å². The van der Waals surface area contributed by atoms with Gasteiger partial charge in [0.15, 0.2) is 0 Å². The predicted octanol–water partition coefficient (Wildman–Crippen LogP) is 5.27. The molecule has 22 heavy (non-hydrogen) atoms. The van der Waals surface area contributed by atoms with E-state index in [1.807, 2.05) is 66.8 Å². The third-order valence-corrected chi connectivity index (χ3v) is 4.08. The molecule has 3 nitrogen and oxygen atoms in total. The third-order valence-electron chi connectivity index (χ3n) is 3.26. The van der Waals surface area contributed by atoms with E-state index in [1.54, 1.807) is 7.11 Å². The number of anilines is 2. The molecule has 116 valence electrons. The lowest BCUT2D eigenvalue weighted by Crippen LogP contribution is -2.09. The van der Waals surface area contributed by atoms with E-state index in [2.05, 4.69) is 0 Å². The first-order valence-electron chi connectivity index (χ1n) is 6.84.